The van der Waals surface area contributed by atoms with Gasteiger partial charge in [-0.2, -0.15) is 10.4 Å². The van der Waals surface area contributed by atoms with Crippen LogP contribution < -0.4 is 0 Å². The first kappa shape index (κ1) is 17.9. The Morgan fingerprint density at radius 1 is 0.556 bits per heavy atom. The van der Waals surface area contributed by atoms with Gasteiger partial charge in [0, 0.05) is 6.42 Å². The summed E-state index contributed by atoms with van der Waals surface area (Å²) in [7, 11) is 0. The Labute approximate surface area is 113 Å². The fraction of sp³-hybridized carbons (Fsp3) is 1.00. The van der Waals surface area contributed by atoms with Crippen LogP contribution in [-0.2, 0) is 0 Å². The van der Waals surface area contributed by atoms with E-state index in [-0.39, 0.29) is 0 Å². The summed E-state index contributed by atoms with van der Waals surface area (Å²) in [6.07, 6.45) is 13.6. The van der Waals surface area contributed by atoms with Crippen molar-refractivity contribution in [3.05, 3.63) is 0 Å². The van der Waals surface area contributed by atoms with Crippen LogP contribution in [0.25, 0.3) is 0 Å². The van der Waals surface area contributed by atoms with Gasteiger partial charge in [-0.15, -0.1) is 0 Å². The molecule has 3 heteroatoms. The molecule has 110 valence electrons. The Balaban J connectivity index is 3.16. The van der Waals surface area contributed by atoms with Crippen LogP contribution >= 0.6 is 0 Å². The summed E-state index contributed by atoms with van der Waals surface area (Å²) in [5.74, 6) is 0. The minimum atomic E-state index is -0.784. The molecule has 0 aliphatic carbocycles. The summed E-state index contributed by atoms with van der Waals surface area (Å²) in [4.78, 5) is -0.784. The van der Waals surface area contributed by atoms with E-state index in [1.54, 1.807) is 0 Å². The standard InChI is InChI=1S/C15H34NO2/c1-3-5-6-7-8-9-10-11-12-13-15-16(17,18)14-4-2/h17-18H,3-15H2,1-2H3/q+1. The zero-order valence-corrected chi connectivity index (χ0v) is 12.5. The van der Waals surface area contributed by atoms with E-state index in [0.717, 1.165) is 19.3 Å². The minimum absolute atomic E-state index is 0.442. The lowest BCUT2D eigenvalue weighted by atomic mass is 10.1. The second-order valence-electron chi connectivity index (χ2n) is 5.51. The zero-order chi connectivity index (χ0) is 13.7. The molecule has 0 heterocycles. The summed E-state index contributed by atoms with van der Waals surface area (Å²) >= 11 is 0. The summed E-state index contributed by atoms with van der Waals surface area (Å²) in [5, 5.41) is 19.1. The van der Waals surface area contributed by atoms with E-state index in [2.05, 4.69) is 6.92 Å². The predicted octanol–water partition coefficient (Wildman–Crippen LogP) is 4.91. The molecule has 0 saturated heterocycles. The van der Waals surface area contributed by atoms with Crippen molar-refractivity contribution in [2.75, 3.05) is 13.1 Å². The number of unbranched alkanes of at least 4 members (excludes halogenated alkanes) is 9. The van der Waals surface area contributed by atoms with E-state index in [1.807, 2.05) is 6.92 Å². The summed E-state index contributed by atoms with van der Waals surface area (Å²) in [5.41, 5.74) is 0. The molecule has 2 N–H and O–H groups in total. The molecule has 0 saturated carbocycles. The van der Waals surface area contributed by atoms with E-state index in [0.29, 0.717) is 13.1 Å². The SMILES string of the molecule is CCCCCCCCCCCC[N+](O)(O)CCC. The first-order chi connectivity index (χ1) is 8.62. The van der Waals surface area contributed by atoms with Crippen LogP contribution in [0.3, 0.4) is 0 Å². The number of hydrogen-bond donors (Lipinski definition) is 2. The van der Waals surface area contributed by atoms with Crippen LogP contribution in [0.2, 0.25) is 0 Å². The average molecular weight is 260 g/mol. The quantitative estimate of drug-likeness (QED) is 0.280. The van der Waals surface area contributed by atoms with E-state index in [4.69, 9.17) is 0 Å². The van der Waals surface area contributed by atoms with Crippen LogP contribution in [0, 0.1) is 0 Å². The van der Waals surface area contributed by atoms with Crippen LogP contribution in [-0.4, -0.2) is 28.3 Å². The van der Waals surface area contributed by atoms with E-state index in [9.17, 15) is 10.4 Å². The van der Waals surface area contributed by atoms with E-state index in [1.165, 1.54) is 51.4 Å². The Kier molecular flexibility index (Phi) is 11.9. The smallest absolute Gasteiger partial charge is 0.142 e. The van der Waals surface area contributed by atoms with Crippen molar-refractivity contribution < 1.29 is 15.2 Å². The van der Waals surface area contributed by atoms with Gasteiger partial charge in [0.1, 0.15) is 13.1 Å². The van der Waals surface area contributed by atoms with Crippen molar-refractivity contribution in [3.8, 4) is 0 Å². The third-order valence-corrected chi connectivity index (χ3v) is 3.45. The fourth-order valence-corrected chi connectivity index (χ4v) is 2.32. The van der Waals surface area contributed by atoms with Crippen molar-refractivity contribution >= 4 is 0 Å². The van der Waals surface area contributed by atoms with Crippen molar-refractivity contribution in [1.29, 1.82) is 0 Å². The van der Waals surface area contributed by atoms with Gasteiger partial charge in [0.05, 0.1) is 0 Å². The molecule has 0 aliphatic heterocycles. The fourth-order valence-electron chi connectivity index (χ4n) is 2.32. The van der Waals surface area contributed by atoms with Gasteiger partial charge in [-0.05, 0) is 17.7 Å². The minimum Gasteiger partial charge on any atom is -0.182 e. The monoisotopic (exact) mass is 260 g/mol. The normalized spacial score (nSPS) is 12.0. The second-order valence-corrected chi connectivity index (χ2v) is 5.51. The van der Waals surface area contributed by atoms with Gasteiger partial charge in [-0.25, -0.2) is 0 Å². The molecule has 0 amide bonds. The Morgan fingerprint density at radius 3 is 1.44 bits per heavy atom. The number of rotatable bonds is 13. The van der Waals surface area contributed by atoms with Gasteiger partial charge in [-0.3, -0.25) is 0 Å². The highest BCUT2D eigenvalue weighted by atomic mass is 16.8. The first-order valence-corrected chi connectivity index (χ1v) is 7.95. The largest absolute Gasteiger partial charge is 0.182 e. The third kappa shape index (κ3) is 12.3. The van der Waals surface area contributed by atoms with Gasteiger partial charge in [0.15, 0.2) is 0 Å². The van der Waals surface area contributed by atoms with Gasteiger partial charge >= 0.3 is 0 Å². The predicted molar refractivity (Wildman–Crippen MR) is 75.7 cm³/mol. The Morgan fingerprint density at radius 2 is 1.00 bits per heavy atom. The molecule has 0 fully saturated rings. The zero-order valence-electron chi connectivity index (χ0n) is 12.5. The second kappa shape index (κ2) is 11.9. The third-order valence-electron chi connectivity index (χ3n) is 3.45. The molecule has 18 heavy (non-hydrogen) atoms. The summed E-state index contributed by atoms with van der Waals surface area (Å²) < 4.78 is 0. The molecule has 0 spiro atoms. The lowest BCUT2D eigenvalue weighted by Crippen LogP contribution is -2.42. The molecule has 0 atom stereocenters. The van der Waals surface area contributed by atoms with Crippen molar-refractivity contribution in [2.24, 2.45) is 0 Å². The molecular formula is C15H34NO2+. The van der Waals surface area contributed by atoms with Crippen molar-refractivity contribution in [3.63, 3.8) is 0 Å². The maximum Gasteiger partial charge on any atom is 0.142 e. The van der Waals surface area contributed by atoms with Gasteiger partial charge in [0.2, 0.25) is 0 Å². The van der Waals surface area contributed by atoms with Crippen molar-refractivity contribution in [2.45, 2.75) is 84.5 Å². The van der Waals surface area contributed by atoms with Crippen molar-refractivity contribution in [1.82, 2.24) is 0 Å². The van der Waals surface area contributed by atoms with Crippen LogP contribution in [0.4, 0.5) is 0 Å². The molecule has 0 radical (unpaired) electrons. The summed E-state index contributed by atoms with van der Waals surface area (Å²) in [6, 6.07) is 0. The molecular weight excluding hydrogens is 226 g/mol. The first-order valence-electron chi connectivity index (χ1n) is 7.95. The molecule has 0 bridgehead atoms. The molecule has 0 rings (SSSR count). The van der Waals surface area contributed by atoms with Gasteiger partial charge < -0.3 is 0 Å². The maximum atomic E-state index is 9.53. The Bertz CT molecular complexity index is 172. The number of hydroxylamine groups is 4. The average Bonchev–Trinajstić information content (AvgIpc) is 2.31. The van der Waals surface area contributed by atoms with Gasteiger partial charge in [0.25, 0.3) is 0 Å². The number of quaternary nitrogens is 1. The summed E-state index contributed by atoms with van der Waals surface area (Å²) in [6.45, 7) is 5.14. The highest BCUT2D eigenvalue weighted by Gasteiger charge is 2.19. The molecule has 0 aromatic carbocycles. The van der Waals surface area contributed by atoms with E-state index >= 15 is 0 Å². The molecule has 0 unspecified atom stereocenters. The Hall–Kier alpha value is -0.120. The number of hydrogen-bond acceptors (Lipinski definition) is 2. The molecule has 3 nitrogen and oxygen atoms in total. The highest BCUT2D eigenvalue weighted by Crippen LogP contribution is 2.11. The molecule has 0 aromatic heterocycles. The van der Waals surface area contributed by atoms with Gasteiger partial charge in [-0.1, -0.05) is 65.2 Å². The van der Waals surface area contributed by atoms with Crippen LogP contribution in [0.15, 0.2) is 0 Å². The van der Waals surface area contributed by atoms with Crippen LogP contribution in [0.1, 0.15) is 84.5 Å². The molecule has 0 aromatic rings. The lowest BCUT2D eigenvalue weighted by Gasteiger charge is -2.20. The van der Waals surface area contributed by atoms with Crippen LogP contribution in [0.5, 0.6) is 0 Å². The maximum absolute atomic E-state index is 9.53. The number of nitrogens with zero attached hydrogens (tertiary/aromatic N) is 1. The topological polar surface area (TPSA) is 40.5 Å². The van der Waals surface area contributed by atoms with E-state index < -0.39 is 4.81 Å². The molecule has 0 aliphatic rings. The highest BCUT2D eigenvalue weighted by molar-refractivity contribution is 4.47. The lowest BCUT2D eigenvalue weighted by molar-refractivity contribution is -1.24.